The summed E-state index contributed by atoms with van der Waals surface area (Å²) in [4.78, 5) is 11.8. The Morgan fingerprint density at radius 1 is 1.44 bits per heavy atom. The van der Waals surface area contributed by atoms with Crippen LogP contribution in [0.25, 0.3) is 11.0 Å². The fourth-order valence-corrected chi connectivity index (χ4v) is 2.19. The summed E-state index contributed by atoms with van der Waals surface area (Å²) < 4.78 is 5.19. The molecule has 0 saturated heterocycles. The zero-order valence-corrected chi connectivity index (χ0v) is 11.0. The van der Waals surface area contributed by atoms with Crippen molar-refractivity contribution in [2.24, 2.45) is 0 Å². The number of aromatic amines is 1. The maximum atomic E-state index is 11.8. The molecule has 0 radical (unpaired) electrons. The summed E-state index contributed by atoms with van der Waals surface area (Å²) in [7, 11) is 0. The van der Waals surface area contributed by atoms with Crippen molar-refractivity contribution in [3.63, 3.8) is 0 Å². The van der Waals surface area contributed by atoms with Gasteiger partial charge in [-0.1, -0.05) is 12.1 Å². The van der Waals surface area contributed by atoms with E-state index in [1.165, 1.54) is 0 Å². The molecule has 1 heterocycles. The lowest BCUT2D eigenvalue weighted by molar-refractivity contribution is 0.0530. The minimum Gasteiger partial charge on any atom is -0.461 e. The third kappa shape index (κ3) is 3.22. The Balaban J connectivity index is 1.88. The number of hydrogen-bond acceptors (Lipinski definition) is 5. The highest BCUT2D eigenvalue weighted by Gasteiger charge is 2.08. The van der Waals surface area contributed by atoms with E-state index in [1.54, 1.807) is 30.0 Å². The maximum absolute atomic E-state index is 11.8. The Hall–Kier alpha value is -1.56. The summed E-state index contributed by atoms with van der Waals surface area (Å²) in [6.07, 6.45) is 1.14. The van der Waals surface area contributed by atoms with Crippen LogP contribution in [0, 0.1) is 0 Å². The molecule has 0 atom stereocenters. The van der Waals surface area contributed by atoms with E-state index >= 15 is 0 Å². The van der Waals surface area contributed by atoms with E-state index in [0.717, 1.165) is 29.0 Å². The number of carbonyl (C=O) groups is 1. The number of aromatic nitrogens is 3. The molecule has 1 aromatic carbocycles. The lowest BCUT2D eigenvalue weighted by atomic mass is 10.2. The van der Waals surface area contributed by atoms with E-state index < -0.39 is 0 Å². The van der Waals surface area contributed by atoms with Gasteiger partial charge in [-0.25, -0.2) is 4.79 Å². The van der Waals surface area contributed by atoms with Gasteiger partial charge in [0.2, 0.25) is 0 Å². The van der Waals surface area contributed by atoms with Gasteiger partial charge in [-0.05, 0) is 30.4 Å². The monoisotopic (exact) mass is 265 g/mol. The number of ether oxygens (including phenoxy) is 1. The van der Waals surface area contributed by atoms with Gasteiger partial charge < -0.3 is 4.74 Å². The van der Waals surface area contributed by atoms with Crippen molar-refractivity contribution in [2.75, 3.05) is 18.1 Å². The molecule has 0 aliphatic heterocycles. The van der Waals surface area contributed by atoms with Crippen molar-refractivity contribution in [1.29, 1.82) is 0 Å². The Morgan fingerprint density at radius 2 is 2.33 bits per heavy atom. The van der Waals surface area contributed by atoms with Crippen LogP contribution in [0.2, 0.25) is 0 Å². The minimum atomic E-state index is -0.302. The van der Waals surface area contributed by atoms with Gasteiger partial charge in [-0.2, -0.15) is 11.8 Å². The highest BCUT2D eigenvalue weighted by atomic mass is 32.2. The zero-order valence-electron chi connectivity index (χ0n) is 10.2. The van der Waals surface area contributed by atoms with Crippen LogP contribution < -0.4 is 0 Å². The van der Waals surface area contributed by atoms with Gasteiger partial charge in [-0.15, -0.1) is 5.10 Å². The molecule has 0 aliphatic carbocycles. The van der Waals surface area contributed by atoms with Crippen molar-refractivity contribution in [3.05, 3.63) is 23.8 Å². The van der Waals surface area contributed by atoms with Crippen molar-refractivity contribution in [2.45, 2.75) is 13.3 Å². The molecule has 1 N–H and O–H groups in total. The van der Waals surface area contributed by atoms with Crippen LogP contribution in [0.3, 0.4) is 0 Å². The molecule has 0 unspecified atom stereocenters. The Kier molecular flexibility index (Phi) is 4.58. The lowest BCUT2D eigenvalue weighted by Crippen LogP contribution is -2.08. The molecule has 5 nitrogen and oxygen atoms in total. The third-order valence-corrected chi connectivity index (χ3v) is 3.52. The number of nitrogens with one attached hydrogen (secondary N) is 1. The van der Waals surface area contributed by atoms with Gasteiger partial charge in [0.05, 0.1) is 11.1 Å². The SMILES string of the molecule is CCCSCCOC(=O)c1ccc2nn[nH]c2c1. The fourth-order valence-electron chi connectivity index (χ4n) is 1.50. The van der Waals surface area contributed by atoms with Crippen LogP contribution >= 0.6 is 11.8 Å². The second-order valence-corrected chi connectivity index (χ2v) is 5.02. The number of rotatable bonds is 6. The summed E-state index contributed by atoms with van der Waals surface area (Å²) in [5, 5.41) is 10.2. The highest BCUT2D eigenvalue weighted by molar-refractivity contribution is 7.99. The number of esters is 1. The van der Waals surface area contributed by atoms with Gasteiger partial charge in [0.15, 0.2) is 0 Å². The number of thioether (sulfide) groups is 1. The topological polar surface area (TPSA) is 67.9 Å². The van der Waals surface area contributed by atoms with Gasteiger partial charge in [0.25, 0.3) is 0 Å². The quantitative estimate of drug-likeness (QED) is 0.641. The summed E-state index contributed by atoms with van der Waals surface area (Å²) in [5.74, 6) is 1.64. The Morgan fingerprint density at radius 3 is 3.17 bits per heavy atom. The maximum Gasteiger partial charge on any atom is 0.338 e. The number of hydrogen-bond donors (Lipinski definition) is 1. The van der Waals surface area contributed by atoms with Crippen LogP contribution in [0.1, 0.15) is 23.7 Å². The number of fused-ring (bicyclic) bond motifs is 1. The molecule has 0 amide bonds. The van der Waals surface area contributed by atoms with Crippen LogP contribution in [-0.4, -0.2) is 39.5 Å². The van der Waals surface area contributed by atoms with Crippen molar-refractivity contribution in [1.82, 2.24) is 15.4 Å². The Bertz CT molecular complexity index is 527. The van der Waals surface area contributed by atoms with Crippen molar-refractivity contribution in [3.8, 4) is 0 Å². The molecule has 2 aromatic rings. The largest absolute Gasteiger partial charge is 0.461 e. The zero-order chi connectivity index (χ0) is 12.8. The molecule has 2 rings (SSSR count). The standard InChI is InChI=1S/C12H15N3O2S/c1-2-6-18-7-5-17-12(16)9-3-4-10-11(8-9)14-15-13-10/h3-4,8H,2,5-7H2,1H3,(H,13,14,15). The first-order valence-corrected chi connectivity index (χ1v) is 7.02. The van der Waals surface area contributed by atoms with Crippen molar-refractivity contribution >= 4 is 28.8 Å². The molecule has 0 spiro atoms. The minimum absolute atomic E-state index is 0.302. The van der Waals surface area contributed by atoms with Gasteiger partial charge in [0, 0.05) is 5.75 Å². The number of nitrogens with zero attached hydrogens (tertiary/aromatic N) is 2. The van der Waals surface area contributed by atoms with E-state index in [-0.39, 0.29) is 5.97 Å². The van der Waals surface area contributed by atoms with E-state index in [1.807, 2.05) is 0 Å². The highest BCUT2D eigenvalue weighted by Crippen LogP contribution is 2.11. The first-order chi connectivity index (χ1) is 8.81. The average Bonchev–Trinajstić information content (AvgIpc) is 2.85. The molecule has 0 saturated carbocycles. The number of carbonyl (C=O) groups excluding carboxylic acids is 1. The summed E-state index contributed by atoms with van der Waals surface area (Å²) >= 11 is 1.79. The smallest absolute Gasteiger partial charge is 0.338 e. The molecule has 1 aromatic heterocycles. The van der Waals surface area contributed by atoms with Crippen LogP contribution in [-0.2, 0) is 4.74 Å². The molecular formula is C12H15N3O2S. The molecular weight excluding hydrogens is 250 g/mol. The van der Waals surface area contributed by atoms with Crippen LogP contribution in [0.15, 0.2) is 18.2 Å². The van der Waals surface area contributed by atoms with Crippen LogP contribution in [0.5, 0.6) is 0 Å². The summed E-state index contributed by atoms with van der Waals surface area (Å²) in [5.41, 5.74) is 2.00. The van der Waals surface area contributed by atoms with Crippen LogP contribution in [0.4, 0.5) is 0 Å². The predicted octanol–water partition coefficient (Wildman–Crippen LogP) is 2.26. The van der Waals surface area contributed by atoms with E-state index in [0.29, 0.717) is 12.2 Å². The van der Waals surface area contributed by atoms with E-state index in [9.17, 15) is 4.79 Å². The Labute approximate surface area is 109 Å². The molecule has 0 bridgehead atoms. The number of H-pyrrole nitrogens is 1. The predicted molar refractivity (Wildman–Crippen MR) is 71.8 cm³/mol. The molecule has 18 heavy (non-hydrogen) atoms. The van der Waals surface area contributed by atoms with Gasteiger partial charge >= 0.3 is 5.97 Å². The average molecular weight is 265 g/mol. The first-order valence-electron chi connectivity index (χ1n) is 5.87. The van der Waals surface area contributed by atoms with Crippen molar-refractivity contribution < 1.29 is 9.53 Å². The number of benzene rings is 1. The fraction of sp³-hybridized carbons (Fsp3) is 0.417. The normalized spacial score (nSPS) is 10.7. The lowest BCUT2D eigenvalue weighted by Gasteiger charge is -2.04. The van der Waals surface area contributed by atoms with E-state index in [4.69, 9.17) is 4.74 Å². The van der Waals surface area contributed by atoms with Gasteiger partial charge in [0.1, 0.15) is 12.1 Å². The van der Waals surface area contributed by atoms with Gasteiger partial charge in [-0.3, -0.25) is 5.10 Å². The second-order valence-electron chi connectivity index (χ2n) is 3.79. The molecule has 0 fully saturated rings. The molecule has 96 valence electrons. The second kappa shape index (κ2) is 6.39. The molecule has 6 heteroatoms. The third-order valence-electron chi connectivity index (χ3n) is 2.37. The van der Waals surface area contributed by atoms with E-state index in [2.05, 4.69) is 22.3 Å². The molecule has 0 aliphatic rings. The first kappa shape index (κ1) is 12.9. The summed E-state index contributed by atoms with van der Waals surface area (Å²) in [6.45, 7) is 2.58. The summed E-state index contributed by atoms with van der Waals surface area (Å²) in [6, 6.07) is 5.16.